The standard InChI is InChI=1S/C14H14ClN3/c15-13-8-14(17-9-16-13)18-12-7-3-5-10-4-1-2-6-11(10)12/h3,5,7-9H,1-2,4,6H2,(H,16,17,18). The Hall–Kier alpha value is -1.61. The van der Waals surface area contributed by atoms with Crippen LogP contribution in [0.5, 0.6) is 0 Å². The number of nitrogens with one attached hydrogen (secondary N) is 1. The van der Waals surface area contributed by atoms with Crippen molar-refractivity contribution >= 4 is 23.1 Å². The topological polar surface area (TPSA) is 37.8 Å². The van der Waals surface area contributed by atoms with Crippen molar-refractivity contribution < 1.29 is 0 Å². The number of benzene rings is 1. The van der Waals surface area contributed by atoms with Crippen LogP contribution >= 0.6 is 11.6 Å². The van der Waals surface area contributed by atoms with Gasteiger partial charge in [0.1, 0.15) is 17.3 Å². The average Bonchev–Trinajstić information content (AvgIpc) is 2.39. The van der Waals surface area contributed by atoms with Crippen LogP contribution in [0, 0.1) is 0 Å². The minimum Gasteiger partial charge on any atom is -0.340 e. The van der Waals surface area contributed by atoms with Crippen molar-refractivity contribution in [3.8, 4) is 0 Å². The van der Waals surface area contributed by atoms with Crippen molar-refractivity contribution in [1.82, 2.24) is 9.97 Å². The van der Waals surface area contributed by atoms with Crippen LogP contribution in [0.25, 0.3) is 0 Å². The fraction of sp³-hybridized carbons (Fsp3) is 0.286. The lowest BCUT2D eigenvalue weighted by Crippen LogP contribution is -2.06. The molecule has 1 aromatic heterocycles. The van der Waals surface area contributed by atoms with E-state index in [0.717, 1.165) is 17.9 Å². The van der Waals surface area contributed by atoms with Gasteiger partial charge in [0.2, 0.25) is 0 Å². The third-order valence-electron chi connectivity index (χ3n) is 3.29. The van der Waals surface area contributed by atoms with Crippen LogP contribution in [0.4, 0.5) is 11.5 Å². The second kappa shape index (κ2) is 4.94. The number of aromatic nitrogens is 2. The number of nitrogens with zero attached hydrogens (tertiary/aromatic N) is 2. The van der Waals surface area contributed by atoms with Crippen LogP contribution in [0.1, 0.15) is 24.0 Å². The molecule has 3 rings (SSSR count). The van der Waals surface area contributed by atoms with Gasteiger partial charge < -0.3 is 5.32 Å². The Morgan fingerprint density at radius 1 is 1.11 bits per heavy atom. The predicted molar refractivity (Wildman–Crippen MR) is 73.4 cm³/mol. The molecule has 18 heavy (non-hydrogen) atoms. The SMILES string of the molecule is Clc1cc(Nc2cccc3c2CCCC3)ncn1. The van der Waals surface area contributed by atoms with Crippen molar-refractivity contribution in [3.63, 3.8) is 0 Å². The summed E-state index contributed by atoms with van der Waals surface area (Å²) in [6, 6.07) is 8.14. The molecule has 1 N–H and O–H groups in total. The number of rotatable bonds is 2. The molecule has 1 aromatic carbocycles. The highest BCUT2D eigenvalue weighted by Gasteiger charge is 2.13. The van der Waals surface area contributed by atoms with E-state index in [9.17, 15) is 0 Å². The first kappa shape index (κ1) is 11.5. The summed E-state index contributed by atoms with van der Waals surface area (Å²) in [5.74, 6) is 0.744. The zero-order valence-corrected chi connectivity index (χ0v) is 10.7. The van der Waals surface area contributed by atoms with Crippen molar-refractivity contribution in [3.05, 3.63) is 46.9 Å². The molecule has 0 fully saturated rings. The van der Waals surface area contributed by atoms with Crippen LogP contribution in [0.15, 0.2) is 30.6 Å². The second-order valence-corrected chi connectivity index (χ2v) is 4.89. The van der Waals surface area contributed by atoms with Crippen molar-refractivity contribution in [1.29, 1.82) is 0 Å². The van der Waals surface area contributed by atoms with Gasteiger partial charge in [-0.1, -0.05) is 23.7 Å². The molecule has 0 amide bonds. The Kier molecular flexibility index (Phi) is 3.15. The molecule has 3 nitrogen and oxygen atoms in total. The number of hydrogen-bond acceptors (Lipinski definition) is 3. The van der Waals surface area contributed by atoms with Crippen LogP contribution in [-0.4, -0.2) is 9.97 Å². The zero-order valence-electron chi connectivity index (χ0n) is 9.99. The monoisotopic (exact) mass is 259 g/mol. The Morgan fingerprint density at radius 3 is 2.89 bits per heavy atom. The van der Waals surface area contributed by atoms with E-state index in [-0.39, 0.29) is 0 Å². The van der Waals surface area contributed by atoms with E-state index < -0.39 is 0 Å². The van der Waals surface area contributed by atoms with E-state index in [1.165, 1.54) is 36.7 Å². The number of hydrogen-bond donors (Lipinski definition) is 1. The molecule has 0 aliphatic heterocycles. The van der Waals surface area contributed by atoms with Gasteiger partial charge >= 0.3 is 0 Å². The summed E-state index contributed by atoms with van der Waals surface area (Å²) in [4.78, 5) is 8.06. The molecular formula is C14H14ClN3. The molecular weight excluding hydrogens is 246 g/mol. The van der Waals surface area contributed by atoms with Crippen molar-refractivity contribution in [2.24, 2.45) is 0 Å². The van der Waals surface area contributed by atoms with Gasteiger partial charge in [0.05, 0.1) is 0 Å². The molecule has 0 spiro atoms. The summed E-state index contributed by atoms with van der Waals surface area (Å²) in [7, 11) is 0. The van der Waals surface area contributed by atoms with E-state index in [4.69, 9.17) is 11.6 Å². The summed E-state index contributed by atoms with van der Waals surface area (Å²) in [6.45, 7) is 0. The van der Waals surface area contributed by atoms with Gasteiger partial charge in [0.15, 0.2) is 0 Å². The molecule has 0 radical (unpaired) electrons. The molecule has 0 bridgehead atoms. The summed E-state index contributed by atoms with van der Waals surface area (Å²) in [5.41, 5.74) is 4.01. The maximum absolute atomic E-state index is 5.86. The summed E-state index contributed by atoms with van der Waals surface area (Å²) >= 11 is 5.86. The quantitative estimate of drug-likeness (QED) is 0.835. The van der Waals surface area contributed by atoms with E-state index in [1.54, 1.807) is 6.07 Å². The molecule has 4 heteroatoms. The highest BCUT2D eigenvalue weighted by atomic mass is 35.5. The van der Waals surface area contributed by atoms with Crippen LogP contribution in [-0.2, 0) is 12.8 Å². The molecule has 0 unspecified atom stereocenters. The molecule has 0 saturated heterocycles. The fourth-order valence-electron chi connectivity index (χ4n) is 2.44. The van der Waals surface area contributed by atoms with Crippen molar-refractivity contribution in [2.45, 2.75) is 25.7 Å². The first-order valence-corrected chi connectivity index (χ1v) is 6.56. The molecule has 0 atom stereocenters. The number of aryl methyl sites for hydroxylation is 1. The lowest BCUT2D eigenvalue weighted by molar-refractivity contribution is 0.687. The third-order valence-corrected chi connectivity index (χ3v) is 3.50. The smallest absolute Gasteiger partial charge is 0.135 e. The number of halogens is 1. The highest BCUT2D eigenvalue weighted by molar-refractivity contribution is 6.29. The predicted octanol–water partition coefficient (Wildman–Crippen LogP) is 3.75. The Bertz CT molecular complexity index is 569. The average molecular weight is 260 g/mol. The fourth-order valence-corrected chi connectivity index (χ4v) is 2.59. The van der Waals surface area contributed by atoms with Crippen molar-refractivity contribution in [2.75, 3.05) is 5.32 Å². The third kappa shape index (κ3) is 2.31. The Balaban J connectivity index is 1.93. The van der Waals surface area contributed by atoms with Gasteiger partial charge in [-0.25, -0.2) is 9.97 Å². The zero-order chi connectivity index (χ0) is 12.4. The van der Waals surface area contributed by atoms with Gasteiger partial charge in [-0.15, -0.1) is 0 Å². The molecule has 92 valence electrons. The lowest BCUT2D eigenvalue weighted by atomic mass is 9.90. The van der Waals surface area contributed by atoms with Gasteiger partial charge in [-0.05, 0) is 42.9 Å². The van der Waals surface area contributed by atoms with E-state index in [1.807, 2.05) is 0 Å². The second-order valence-electron chi connectivity index (χ2n) is 4.50. The normalized spacial score (nSPS) is 14.1. The highest BCUT2D eigenvalue weighted by Crippen LogP contribution is 2.29. The Labute approximate surface area is 111 Å². The molecule has 1 heterocycles. The lowest BCUT2D eigenvalue weighted by Gasteiger charge is -2.19. The van der Waals surface area contributed by atoms with E-state index in [2.05, 4.69) is 33.5 Å². The summed E-state index contributed by atoms with van der Waals surface area (Å²) in [6.07, 6.45) is 6.33. The maximum Gasteiger partial charge on any atom is 0.135 e. The van der Waals surface area contributed by atoms with E-state index >= 15 is 0 Å². The molecule has 1 aliphatic carbocycles. The first-order valence-electron chi connectivity index (χ1n) is 6.18. The number of fused-ring (bicyclic) bond motifs is 1. The van der Waals surface area contributed by atoms with Crippen LogP contribution in [0.3, 0.4) is 0 Å². The maximum atomic E-state index is 5.86. The molecule has 0 saturated carbocycles. The molecule has 1 aliphatic rings. The van der Waals surface area contributed by atoms with Crippen LogP contribution < -0.4 is 5.32 Å². The summed E-state index contributed by atoms with van der Waals surface area (Å²) in [5, 5.41) is 3.79. The number of anilines is 2. The van der Waals surface area contributed by atoms with Gasteiger partial charge in [0, 0.05) is 11.8 Å². The van der Waals surface area contributed by atoms with Crippen LogP contribution in [0.2, 0.25) is 5.15 Å². The van der Waals surface area contributed by atoms with Gasteiger partial charge in [0.25, 0.3) is 0 Å². The first-order chi connectivity index (χ1) is 8.83. The van der Waals surface area contributed by atoms with Gasteiger partial charge in [-0.2, -0.15) is 0 Å². The van der Waals surface area contributed by atoms with E-state index in [0.29, 0.717) is 5.15 Å². The Morgan fingerprint density at radius 2 is 2.00 bits per heavy atom. The van der Waals surface area contributed by atoms with Gasteiger partial charge in [-0.3, -0.25) is 0 Å². The largest absolute Gasteiger partial charge is 0.340 e. The molecule has 2 aromatic rings. The minimum absolute atomic E-state index is 0.456. The minimum atomic E-state index is 0.456. The summed E-state index contributed by atoms with van der Waals surface area (Å²) < 4.78 is 0.